The summed E-state index contributed by atoms with van der Waals surface area (Å²) in [6.45, 7) is 0. The van der Waals surface area contributed by atoms with Crippen LogP contribution in [0.4, 0.5) is 5.82 Å². The van der Waals surface area contributed by atoms with E-state index in [0.717, 1.165) is 11.0 Å². The molecule has 0 bridgehead atoms. The number of hydrogen-bond donors (Lipinski definition) is 1. The second kappa shape index (κ2) is 2.22. The molecule has 0 aliphatic heterocycles. The Morgan fingerprint density at radius 2 is 2.21 bits per heavy atom. The highest BCUT2D eigenvalue weighted by molar-refractivity contribution is 5.96. The summed E-state index contributed by atoms with van der Waals surface area (Å²) in [6.07, 6.45) is 5.34. The minimum Gasteiger partial charge on any atom is -0.380 e. The lowest BCUT2D eigenvalue weighted by atomic mass is 10.3. The number of imidazole rings is 1. The van der Waals surface area contributed by atoms with E-state index in [-0.39, 0.29) is 0 Å². The van der Waals surface area contributed by atoms with Crippen molar-refractivity contribution in [2.24, 2.45) is 7.05 Å². The number of fused-ring (bicyclic) bond motifs is 3. The van der Waals surface area contributed by atoms with Crippen molar-refractivity contribution in [3.63, 3.8) is 0 Å². The van der Waals surface area contributed by atoms with Gasteiger partial charge in [-0.05, 0) is 0 Å². The highest BCUT2D eigenvalue weighted by Crippen LogP contribution is 2.20. The molecule has 0 aromatic carbocycles. The summed E-state index contributed by atoms with van der Waals surface area (Å²) in [6, 6.07) is 0. The summed E-state index contributed by atoms with van der Waals surface area (Å²) in [5.74, 6) is 0.422. The van der Waals surface area contributed by atoms with Crippen molar-refractivity contribution in [2.75, 3.05) is 5.73 Å². The molecule has 0 fully saturated rings. The number of anilines is 1. The molecule has 0 radical (unpaired) electrons. The molecule has 0 aliphatic rings. The van der Waals surface area contributed by atoms with E-state index < -0.39 is 0 Å². The van der Waals surface area contributed by atoms with E-state index in [1.807, 2.05) is 13.2 Å². The zero-order valence-corrected chi connectivity index (χ0v) is 7.55. The van der Waals surface area contributed by atoms with Gasteiger partial charge in [-0.2, -0.15) is 5.10 Å². The smallest absolute Gasteiger partial charge is 0.173 e. The van der Waals surface area contributed by atoms with Crippen molar-refractivity contribution in [1.29, 1.82) is 0 Å². The average Bonchev–Trinajstić information content (AvgIpc) is 2.69. The maximum absolute atomic E-state index is 5.76. The van der Waals surface area contributed by atoms with E-state index in [2.05, 4.69) is 15.2 Å². The van der Waals surface area contributed by atoms with E-state index in [9.17, 15) is 0 Å². The van der Waals surface area contributed by atoms with Crippen molar-refractivity contribution in [3.8, 4) is 0 Å². The van der Waals surface area contributed by atoms with Gasteiger partial charge in [0.1, 0.15) is 5.52 Å². The highest BCUT2D eigenvalue weighted by Gasteiger charge is 2.09. The van der Waals surface area contributed by atoms with Crippen LogP contribution in [0.2, 0.25) is 0 Å². The van der Waals surface area contributed by atoms with Gasteiger partial charge in [-0.15, -0.1) is 5.10 Å². The van der Waals surface area contributed by atoms with Crippen molar-refractivity contribution in [1.82, 2.24) is 24.4 Å². The summed E-state index contributed by atoms with van der Waals surface area (Å²) in [5, 5.41) is 9.27. The van der Waals surface area contributed by atoms with Gasteiger partial charge in [0.15, 0.2) is 11.5 Å². The van der Waals surface area contributed by atoms with Crippen LogP contribution in [-0.4, -0.2) is 24.4 Å². The van der Waals surface area contributed by atoms with Gasteiger partial charge in [0, 0.05) is 25.6 Å². The Bertz CT molecular complexity index is 619. The van der Waals surface area contributed by atoms with Crippen LogP contribution in [0.15, 0.2) is 18.6 Å². The van der Waals surface area contributed by atoms with E-state index in [0.29, 0.717) is 11.3 Å². The first kappa shape index (κ1) is 7.31. The lowest BCUT2D eigenvalue weighted by Gasteiger charge is -1.96. The van der Waals surface area contributed by atoms with Gasteiger partial charge in [-0.3, -0.25) is 4.68 Å². The predicted molar refractivity (Wildman–Crippen MR) is 51.7 cm³/mol. The number of nitrogens with zero attached hydrogens (tertiary/aromatic N) is 5. The average molecular weight is 188 g/mol. The largest absolute Gasteiger partial charge is 0.380 e. The van der Waals surface area contributed by atoms with Gasteiger partial charge in [0.25, 0.3) is 0 Å². The Hall–Kier alpha value is -2.11. The molecule has 3 aromatic heterocycles. The second-order valence-corrected chi connectivity index (χ2v) is 3.15. The first-order valence-electron chi connectivity index (χ1n) is 4.18. The maximum atomic E-state index is 5.76. The van der Waals surface area contributed by atoms with Crippen LogP contribution >= 0.6 is 0 Å². The zero-order valence-electron chi connectivity index (χ0n) is 7.55. The molecular formula is C8H8N6. The molecule has 3 aromatic rings. The fraction of sp³-hybridized carbons (Fsp3) is 0.125. The molecule has 2 N–H and O–H groups in total. The zero-order chi connectivity index (χ0) is 9.71. The molecule has 0 amide bonds. The molecule has 14 heavy (non-hydrogen) atoms. The summed E-state index contributed by atoms with van der Waals surface area (Å²) in [4.78, 5) is 4.19. The third-order valence-electron chi connectivity index (χ3n) is 2.15. The number of rotatable bonds is 0. The summed E-state index contributed by atoms with van der Waals surface area (Å²) < 4.78 is 3.36. The fourth-order valence-electron chi connectivity index (χ4n) is 1.58. The van der Waals surface area contributed by atoms with Crippen LogP contribution in [0.25, 0.3) is 16.6 Å². The van der Waals surface area contributed by atoms with E-state index >= 15 is 0 Å². The van der Waals surface area contributed by atoms with Gasteiger partial charge in [0.2, 0.25) is 0 Å². The Morgan fingerprint density at radius 1 is 1.36 bits per heavy atom. The number of nitrogen functional groups attached to an aromatic ring is 1. The molecule has 0 unspecified atom stereocenters. The molecule has 6 nitrogen and oxygen atoms in total. The number of aromatic nitrogens is 5. The summed E-state index contributed by atoms with van der Waals surface area (Å²) in [7, 11) is 1.85. The predicted octanol–water partition coefficient (Wildman–Crippen LogP) is 0.198. The minimum absolute atomic E-state index is 0.422. The van der Waals surface area contributed by atoms with Crippen LogP contribution in [0.1, 0.15) is 0 Å². The molecule has 0 atom stereocenters. The molecular weight excluding hydrogens is 180 g/mol. The molecule has 3 rings (SSSR count). The van der Waals surface area contributed by atoms with E-state index in [1.165, 1.54) is 0 Å². The number of hydrogen-bond acceptors (Lipinski definition) is 4. The maximum Gasteiger partial charge on any atom is 0.173 e. The van der Waals surface area contributed by atoms with Crippen molar-refractivity contribution >= 4 is 22.4 Å². The van der Waals surface area contributed by atoms with E-state index in [1.54, 1.807) is 21.6 Å². The molecule has 3 heterocycles. The Balaban J connectivity index is 2.65. The molecule has 0 saturated carbocycles. The van der Waals surface area contributed by atoms with Crippen LogP contribution < -0.4 is 5.73 Å². The van der Waals surface area contributed by atoms with Crippen LogP contribution in [-0.2, 0) is 7.05 Å². The molecule has 0 saturated heterocycles. The topological polar surface area (TPSA) is 74.0 Å². The monoisotopic (exact) mass is 188 g/mol. The molecule has 0 spiro atoms. The van der Waals surface area contributed by atoms with Crippen molar-refractivity contribution in [3.05, 3.63) is 18.6 Å². The highest BCUT2D eigenvalue weighted by atomic mass is 15.3. The summed E-state index contributed by atoms with van der Waals surface area (Å²) >= 11 is 0. The molecule has 6 heteroatoms. The number of nitrogens with two attached hydrogens (primary N) is 1. The SMILES string of the molecule is Cn1cc2c(n1)c(N)nn1ccnc21. The van der Waals surface area contributed by atoms with Crippen LogP contribution in [0.5, 0.6) is 0 Å². The Kier molecular flexibility index (Phi) is 1.16. The normalized spacial score (nSPS) is 11.5. The molecule has 70 valence electrons. The Morgan fingerprint density at radius 3 is 3.07 bits per heavy atom. The third-order valence-corrected chi connectivity index (χ3v) is 2.15. The van der Waals surface area contributed by atoms with Crippen molar-refractivity contribution < 1.29 is 0 Å². The van der Waals surface area contributed by atoms with Crippen molar-refractivity contribution in [2.45, 2.75) is 0 Å². The quantitative estimate of drug-likeness (QED) is 0.546. The van der Waals surface area contributed by atoms with Gasteiger partial charge >= 0.3 is 0 Å². The standard InChI is InChI=1S/C8H8N6/c1-13-4-5-6(11-13)7(9)12-14-3-2-10-8(5)14/h2-4H,1H3,(H2,9,12). The van der Waals surface area contributed by atoms with Gasteiger partial charge in [-0.1, -0.05) is 0 Å². The third kappa shape index (κ3) is 0.769. The second-order valence-electron chi connectivity index (χ2n) is 3.15. The fourth-order valence-corrected chi connectivity index (χ4v) is 1.58. The molecule has 0 aliphatic carbocycles. The van der Waals surface area contributed by atoms with E-state index in [4.69, 9.17) is 5.73 Å². The number of aryl methyl sites for hydroxylation is 1. The lowest BCUT2D eigenvalue weighted by Crippen LogP contribution is -1.98. The summed E-state index contributed by atoms with van der Waals surface area (Å²) in [5.41, 5.74) is 7.24. The van der Waals surface area contributed by atoms with Gasteiger partial charge in [-0.25, -0.2) is 9.50 Å². The lowest BCUT2D eigenvalue weighted by molar-refractivity contribution is 0.779. The van der Waals surface area contributed by atoms with Gasteiger partial charge < -0.3 is 5.73 Å². The first-order chi connectivity index (χ1) is 6.75. The minimum atomic E-state index is 0.422. The van der Waals surface area contributed by atoms with Crippen LogP contribution in [0.3, 0.4) is 0 Å². The van der Waals surface area contributed by atoms with Gasteiger partial charge in [0.05, 0.1) is 5.39 Å². The van der Waals surface area contributed by atoms with Crippen LogP contribution in [0, 0.1) is 0 Å². The first-order valence-corrected chi connectivity index (χ1v) is 4.18. The Labute approximate surface area is 79.0 Å².